The smallest absolute Gasteiger partial charge is 0.247 e. The Morgan fingerprint density at radius 2 is 1.87 bits per heavy atom. The molecule has 1 spiro atoms. The highest BCUT2D eigenvalue weighted by Gasteiger charge is 2.51. The molecule has 2 aliphatic heterocycles. The topological polar surface area (TPSA) is 44.8 Å². The number of carbonyl (C=O) groups excluding carboxylic acids is 1. The van der Waals surface area contributed by atoms with Crippen molar-refractivity contribution in [1.82, 2.24) is 10.2 Å². The van der Waals surface area contributed by atoms with Gasteiger partial charge in [-0.2, -0.15) is 0 Å². The molecule has 2 aromatic rings. The van der Waals surface area contributed by atoms with Crippen LogP contribution in [0.15, 0.2) is 48.5 Å². The van der Waals surface area contributed by atoms with Crippen molar-refractivity contribution in [2.75, 3.05) is 31.8 Å². The first-order valence-electron chi connectivity index (χ1n) is 10.7. The van der Waals surface area contributed by atoms with Gasteiger partial charge in [-0.05, 0) is 67.5 Å². The summed E-state index contributed by atoms with van der Waals surface area (Å²) in [6.45, 7) is 2.51. The first-order valence-corrected chi connectivity index (χ1v) is 10.7. The number of carbonyl (C=O) groups is 1. The van der Waals surface area contributed by atoms with E-state index < -0.39 is 5.54 Å². The van der Waals surface area contributed by atoms with E-state index >= 15 is 0 Å². The number of ether oxygens (including phenoxy) is 1. The normalized spacial score (nSPS) is 22.9. The summed E-state index contributed by atoms with van der Waals surface area (Å²) in [5, 5.41) is 3.11. The SMILES string of the molecule is COc1ccc2c(c1)CCCC2N1CCC2(CC1)C(=O)NCN2c1ccccc1.Cl. The van der Waals surface area contributed by atoms with Crippen molar-refractivity contribution in [3.63, 3.8) is 0 Å². The van der Waals surface area contributed by atoms with Crippen LogP contribution in [-0.2, 0) is 11.2 Å². The standard InChI is InChI=1S/C24H29N3O2.ClH/c1-29-20-10-11-21-18(16-20)6-5-9-22(21)26-14-12-24(13-15-26)23(28)25-17-27(24)19-7-3-2-4-8-19;/h2-4,7-8,10-11,16,22H,5-6,9,12-15,17H2,1H3,(H,25,28);1H. The van der Waals surface area contributed by atoms with Crippen molar-refractivity contribution < 1.29 is 9.53 Å². The fourth-order valence-electron chi connectivity index (χ4n) is 5.51. The van der Waals surface area contributed by atoms with Gasteiger partial charge in [0, 0.05) is 24.8 Å². The van der Waals surface area contributed by atoms with E-state index in [1.807, 2.05) is 18.2 Å². The van der Waals surface area contributed by atoms with Gasteiger partial charge in [0.1, 0.15) is 11.3 Å². The molecule has 5 rings (SSSR count). The maximum absolute atomic E-state index is 12.9. The summed E-state index contributed by atoms with van der Waals surface area (Å²) in [7, 11) is 1.73. The number of fused-ring (bicyclic) bond motifs is 1. The molecule has 2 fully saturated rings. The second-order valence-electron chi connectivity index (χ2n) is 8.47. The third-order valence-corrected chi connectivity index (χ3v) is 7.10. The molecule has 0 radical (unpaired) electrons. The maximum atomic E-state index is 12.9. The minimum absolute atomic E-state index is 0. The van der Waals surface area contributed by atoms with Gasteiger partial charge in [0.05, 0.1) is 13.8 Å². The summed E-state index contributed by atoms with van der Waals surface area (Å²) in [6.07, 6.45) is 5.28. The molecule has 1 unspecified atom stereocenters. The van der Waals surface area contributed by atoms with Gasteiger partial charge in [-0.3, -0.25) is 9.69 Å². The van der Waals surface area contributed by atoms with E-state index in [1.54, 1.807) is 7.11 Å². The lowest BCUT2D eigenvalue weighted by atomic mass is 9.82. The van der Waals surface area contributed by atoms with Crippen molar-refractivity contribution in [3.8, 4) is 5.75 Å². The molecule has 0 saturated carbocycles. The number of aryl methyl sites for hydroxylation is 1. The van der Waals surface area contributed by atoms with Crippen LogP contribution in [0.3, 0.4) is 0 Å². The number of amides is 1. The predicted molar refractivity (Wildman–Crippen MR) is 121 cm³/mol. The Morgan fingerprint density at radius 1 is 1.10 bits per heavy atom. The summed E-state index contributed by atoms with van der Waals surface area (Å²) >= 11 is 0. The molecule has 5 nitrogen and oxygen atoms in total. The number of nitrogens with one attached hydrogen (secondary N) is 1. The lowest BCUT2D eigenvalue weighted by Gasteiger charge is -2.46. The molecule has 1 aliphatic carbocycles. The van der Waals surface area contributed by atoms with Crippen LogP contribution in [-0.4, -0.2) is 43.2 Å². The Hall–Kier alpha value is -2.24. The van der Waals surface area contributed by atoms with Crippen LogP contribution < -0.4 is 15.0 Å². The molecule has 2 aromatic carbocycles. The zero-order chi connectivity index (χ0) is 19.8. The molecule has 3 aliphatic rings. The van der Waals surface area contributed by atoms with Gasteiger partial charge < -0.3 is 15.0 Å². The third-order valence-electron chi connectivity index (χ3n) is 7.10. The van der Waals surface area contributed by atoms with Gasteiger partial charge in [-0.15, -0.1) is 12.4 Å². The Kier molecular flexibility index (Phi) is 5.94. The van der Waals surface area contributed by atoms with E-state index in [-0.39, 0.29) is 18.3 Å². The number of benzene rings is 2. The van der Waals surface area contributed by atoms with Crippen molar-refractivity contribution in [1.29, 1.82) is 0 Å². The number of halogens is 1. The molecule has 1 atom stereocenters. The Labute approximate surface area is 184 Å². The number of anilines is 1. The van der Waals surface area contributed by atoms with Crippen LogP contribution in [0.2, 0.25) is 0 Å². The molecule has 2 saturated heterocycles. The zero-order valence-electron chi connectivity index (χ0n) is 17.5. The Balaban J connectivity index is 0.00000218. The van der Waals surface area contributed by atoms with Gasteiger partial charge in [0.2, 0.25) is 5.91 Å². The minimum Gasteiger partial charge on any atom is -0.497 e. The molecule has 0 aromatic heterocycles. The van der Waals surface area contributed by atoms with E-state index in [9.17, 15) is 4.79 Å². The molecule has 0 bridgehead atoms. The molecular formula is C24H30ClN3O2. The van der Waals surface area contributed by atoms with Gasteiger partial charge in [-0.1, -0.05) is 24.3 Å². The summed E-state index contributed by atoms with van der Waals surface area (Å²) in [5.41, 5.74) is 3.60. The Bertz CT molecular complexity index is 897. The van der Waals surface area contributed by atoms with Crippen LogP contribution in [0.25, 0.3) is 0 Å². The van der Waals surface area contributed by atoms with Crippen molar-refractivity contribution in [3.05, 3.63) is 59.7 Å². The van der Waals surface area contributed by atoms with Crippen molar-refractivity contribution >= 4 is 24.0 Å². The highest BCUT2D eigenvalue weighted by atomic mass is 35.5. The van der Waals surface area contributed by atoms with E-state index in [2.05, 4.69) is 45.4 Å². The monoisotopic (exact) mass is 427 g/mol. The number of methoxy groups -OCH3 is 1. The summed E-state index contributed by atoms with van der Waals surface area (Å²) in [4.78, 5) is 17.8. The second-order valence-corrected chi connectivity index (χ2v) is 8.47. The molecule has 1 amide bonds. The van der Waals surface area contributed by atoms with E-state index in [1.165, 1.54) is 24.0 Å². The predicted octanol–water partition coefficient (Wildman–Crippen LogP) is 3.92. The van der Waals surface area contributed by atoms with Crippen LogP contribution >= 0.6 is 12.4 Å². The fraction of sp³-hybridized carbons (Fsp3) is 0.458. The van der Waals surface area contributed by atoms with Gasteiger partial charge in [-0.25, -0.2) is 0 Å². The zero-order valence-corrected chi connectivity index (χ0v) is 18.3. The minimum atomic E-state index is -0.407. The van der Waals surface area contributed by atoms with Gasteiger partial charge in [0.25, 0.3) is 0 Å². The first-order chi connectivity index (χ1) is 14.2. The summed E-state index contributed by atoms with van der Waals surface area (Å²) in [5.74, 6) is 1.14. The van der Waals surface area contributed by atoms with E-state index in [4.69, 9.17) is 4.74 Å². The molecule has 2 heterocycles. The largest absolute Gasteiger partial charge is 0.497 e. The number of hydrogen-bond donors (Lipinski definition) is 1. The van der Waals surface area contributed by atoms with Gasteiger partial charge in [0.15, 0.2) is 0 Å². The third kappa shape index (κ3) is 3.44. The van der Waals surface area contributed by atoms with Crippen molar-refractivity contribution in [2.24, 2.45) is 0 Å². The molecule has 30 heavy (non-hydrogen) atoms. The molecule has 1 N–H and O–H groups in total. The number of nitrogens with zero attached hydrogens (tertiary/aromatic N) is 2. The highest BCUT2D eigenvalue weighted by molar-refractivity contribution is 5.93. The van der Waals surface area contributed by atoms with Crippen LogP contribution in [0.5, 0.6) is 5.75 Å². The molecule has 6 heteroatoms. The van der Waals surface area contributed by atoms with Gasteiger partial charge >= 0.3 is 0 Å². The maximum Gasteiger partial charge on any atom is 0.247 e. The van der Waals surface area contributed by atoms with Crippen LogP contribution in [0, 0.1) is 0 Å². The Morgan fingerprint density at radius 3 is 2.60 bits per heavy atom. The number of piperidine rings is 1. The second kappa shape index (κ2) is 8.48. The number of likely N-dealkylation sites (tertiary alicyclic amines) is 1. The van der Waals surface area contributed by atoms with Crippen LogP contribution in [0.1, 0.15) is 42.9 Å². The number of hydrogen-bond acceptors (Lipinski definition) is 4. The number of rotatable bonds is 3. The highest BCUT2D eigenvalue weighted by Crippen LogP contribution is 2.41. The quantitative estimate of drug-likeness (QED) is 0.806. The first kappa shape index (κ1) is 21.0. The molecule has 160 valence electrons. The summed E-state index contributed by atoms with van der Waals surface area (Å²) in [6, 6.07) is 17.3. The average Bonchev–Trinajstić information content (AvgIpc) is 3.09. The van der Waals surface area contributed by atoms with Crippen LogP contribution in [0.4, 0.5) is 5.69 Å². The van der Waals surface area contributed by atoms with Crippen molar-refractivity contribution in [2.45, 2.75) is 43.7 Å². The number of para-hydroxylation sites is 1. The van der Waals surface area contributed by atoms with E-state index in [0.717, 1.165) is 43.8 Å². The lowest BCUT2D eigenvalue weighted by Crippen LogP contribution is -2.57. The fourth-order valence-corrected chi connectivity index (χ4v) is 5.51. The lowest BCUT2D eigenvalue weighted by molar-refractivity contribution is -0.125. The van der Waals surface area contributed by atoms with E-state index in [0.29, 0.717) is 12.7 Å². The molecular weight excluding hydrogens is 398 g/mol. The summed E-state index contributed by atoms with van der Waals surface area (Å²) < 4.78 is 5.43. The average molecular weight is 428 g/mol.